The van der Waals surface area contributed by atoms with Gasteiger partial charge in [-0.2, -0.15) is 0 Å². The molecular formula is C9H11CuNO4. The van der Waals surface area contributed by atoms with Crippen molar-refractivity contribution in [3.63, 3.8) is 0 Å². The molecular weight excluding hydrogens is 250 g/mol. The molecule has 1 atom stereocenters. The van der Waals surface area contributed by atoms with E-state index >= 15 is 0 Å². The minimum absolute atomic E-state index is 0. The van der Waals surface area contributed by atoms with Crippen molar-refractivity contribution in [1.29, 1.82) is 0 Å². The Kier molecular flexibility index (Phi) is 5.14. The number of aliphatic carboxylic acids is 1. The van der Waals surface area contributed by atoms with Crippen LogP contribution < -0.4 is 5.73 Å². The van der Waals surface area contributed by atoms with Gasteiger partial charge < -0.3 is 21.1 Å². The maximum atomic E-state index is 10.4. The molecule has 0 aromatic heterocycles. The van der Waals surface area contributed by atoms with Crippen molar-refractivity contribution in [2.75, 3.05) is 0 Å². The fourth-order valence-electron chi connectivity index (χ4n) is 1.04. The van der Waals surface area contributed by atoms with E-state index in [-0.39, 0.29) is 35.0 Å². The van der Waals surface area contributed by atoms with Crippen LogP contribution in [0.4, 0.5) is 0 Å². The molecule has 1 rings (SSSR count). The summed E-state index contributed by atoms with van der Waals surface area (Å²) in [5, 5.41) is 26.6. The zero-order chi connectivity index (χ0) is 10.7. The average molecular weight is 261 g/mol. The molecule has 0 aliphatic heterocycles. The topological polar surface area (TPSA) is 104 Å². The number of carboxylic acid groups (broad SMARTS) is 1. The summed E-state index contributed by atoms with van der Waals surface area (Å²) < 4.78 is 0. The van der Waals surface area contributed by atoms with Crippen LogP contribution in [-0.4, -0.2) is 27.3 Å². The zero-order valence-electron chi connectivity index (χ0n) is 7.65. The van der Waals surface area contributed by atoms with Crippen molar-refractivity contribution in [1.82, 2.24) is 0 Å². The van der Waals surface area contributed by atoms with E-state index in [4.69, 9.17) is 21.1 Å². The van der Waals surface area contributed by atoms with Gasteiger partial charge in [0.1, 0.15) is 6.04 Å². The maximum absolute atomic E-state index is 10.4. The second kappa shape index (κ2) is 5.60. The predicted octanol–water partition coefficient (Wildman–Crippen LogP) is 0.0497. The second-order valence-corrected chi connectivity index (χ2v) is 2.97. The Morgan fingerprint density at radius 1 is 1.33 bits per heavy atom. The van der Waals surface area contributed by atoms with Crippen LogP contribution >= 0.6 is 0 Å². The van der Waals surface area contributed by atoms with Crippen molar-refractivity contribution in [2.45, 2.75) is 12.5 Å². The first-order chi connectivity index (χ1) is 6.50. The van der Waals surface area contributed by atoms with E-state index in [1.807, 2.05) is 0 Å². The third-order valence-corrected chi connectivity index (χ3v) is 1.81. The molecule has 0 saturated heterocycles. The van der Waals surface area contributed by atoms with Crippen molar-refractivity contribution in [2.24, 2.45) is 5.73 Å². The number of rotatable bonds is 3. The van der Waals surface area contributed by atoms with Crippen LogP contribution in [0.15, 0.2) is 18.2 Å². The van der Waals surface area contributed by atoms with Gasteiger partial charge in [-0.05, 0) is 24.1 Å². The van der Waals surface area contributed by atoms with Crippen LogP contribution in [0, 0.1) is 0 Å². The number of nitrogens with two attached hydrogens (primary N) is 1. The molecule has 0 heterocycles. The maximum Gasteiger partial charge on any atom is 0.320 e. The van der Waals surface area contributed by atoms with Gasteiger partial charge in [0.25, 0.3) is 0 Å². The third kappa shape index (κ3) is 3.79. The fourth-order valence-corrected chi connectivity index (χ4v) is 1.04. The van der Waals surface area contributed by atoms with Gasteiger partial charge >= 0.3 is 5.97 Å². The zero-order valence-corrected chi connectivity index (χ0v) is 8.59. The number of carbonyl (C=O) groups is 1. The van der Waals surface area contributed by atoms with E-state index < -0.39 is 12.0 Å². The van der Waals surface area contributed by atoms with Gasteiger partial charge in [0.2, 0.25) is 0 Å². The Labute approximate surface area is 97.0 Å². The Balaban J connectivity index is 0.00000196. The summed E-state index contributed by atoms with van der Waals surface area (Å²) in [7, 11) is 0. The first-order valence-corrected chi connectivity index (χ1v) is 4.00. The number of phenols is 2. The average Bonchev–Trinajstić information content (AvgIpc) is 2.11. The summed E-state index contributed by atoms with van der Waals surface area (Å²) in [6.45, 7) is 0. The molecule has 0 amide bonds. The minimum Gasteiger partial charge on any atom is -0.504 e. The Morgan fingerprint density at radius 3 is 2.40 bits per heavy atom. The van der Waals surface area contributed by atoms with Gasteiger partial charge in [-0.3, -0.25) is 4.79 Å². The predicted molar refractivity (Wildman–Crippen MR) is 49.1 cm³/mol. The Morgan fingerprint density at radius 2 is 1.93 bits per heavy atom. The number of hydrogen-bond donors (Lipinski definition) is 4. The van der Waals surface area contributed by atoms with E-state index in [0.29, 0.717) is 5.56 Å². The second-order valence-electron chi connectivity index (χ2n) is 2.97. The largest absolute Gasteiger partial charge is 0.504 e. The van der Waals surface area contributed by atoms with Gasteiger partial charge in [-0.1, -0.05) is 6.07 Å². The molecule has 1 aromatic carbocycles. The summed E-state index contributed by atoms with van der Waals surface area (Å²) in [6.07, 6.45) is 0.114. The van der Waals surface area contributed by atoms with Crippen molar-refractivity contribution >= 4 is 5.97 Å². The van der Waals surface area contributed by atoms with Crippen molar-refractivity contribution in [3.05, 3.63) is 23.8 Å². The SMILES string of the molecule is NC(Cc1ccc(O)c(O)c1)C(=O)O.[Cu]. The number of phenolic OH excluding ortho intramolecular Hbond substituents is 2. The molecule has 6 heteroatoms. The first-order valence-electron chi connectivity index (χ1n) is 4.00. The smallest absolute Gasteiger partial charge is 0.320 e. The number of aromatic hydroxyl groups is 2. The van der Waals surface area contributed by atoms with E-state index in [1.54, 1.807) is 0 Å². The summed E-state index contributed by atoms with van der Waals surface area (Å²) in [5.74, 6) is -1.62. The van der Waals surface area contributed by atoms with E-state index in [2.05, 4.69) is 0 Å². The van der Waals surface area contributed by atoms with Crippen LogP contribution in [0.25, 0.3) is 0 Å². The summed E-state index contributed by atoms with van der Waals surface area (Å²) in [4.78, 5) is 10.4. The third-order valence-electron chi connectivity index (χ3n) is 1.81. The summed E-state index contributed by atoms with van der Waals surface area (Å²) in [6, 6.07) is 3.09. The first kappa shape index (κ1) is 13.8. The van der Waals surface area contributed by atoms with Crippen molar-refractivity contribution in [3.8, 4) is 11.5 Å². The van der Waals surface area contributed by atoms with Crippen LogP contribution in [-0.2, 0) is 28.3 Å². The van der Waals surface area contributed by atoms with Gasteiger partial charge in [0.05, 0.1) is 0 Å². The van der Waals surface area contributed by atoms with Crippen LogP contribution in [0.1, 0.15) is 5.56 Å². The summed E-state index contributed by atoms with van der Waals surface area (Å²) in [5.41, 5.74) is 5.86. The van der Waals surface area contributed by atoms with E-state index in [0.717, 1.165) is 0 Å². The molecule has 0 aliphatic rings. The van der Waals surface area contributed by atoms with Crippen LogP contribution in [0.2, 0.25) is 0 Å². The standard InChI is InChI=1S/C9H11NO4.Cu/c10-6(9(13)14)3-5-1-2-7(11)8(12)4-5;/h1-2,4,6,11-12H,3,10H2,(H,13,14);. The molecule has 1 aromatic rings. The molecule has 0 fully saturated rings. The van der Waals surface area contributed by atoms with Gasteiger partial charge in [0, 0.05) is 17.1 Å². The molecule has 1 unspecified atom stereocenters. The van der Waals surface area contributed by atoms with E-state index in [9.17, 15) is 4.79 Å². The van der Waals surface area contributed by atoms with Crippen molar-refractivity contribution < 1.29 is 37.2 Å². The molecule has 0 saturated carbocycles. The fraction of sp³-hybridized carbons (Fsp3) is 0.222. The van der Waals surface area contributed by atoms with Gasteiger partial charge in [-0.25, -0.2) is 0 Å². The monoisotopic (exact) mass is 260 g/mol. The molecule has 5 nitrogen and oxygen atoms in total. The number of carboxylic acids is 1. The molecule has 1 radical (unpaired) electrons. The quantitative estimate of drug-likeness (QED) is 0.454. The molecule has 0 aliphatic carbocycles. The van der Waals surface area contributed by atoms with Gasteiger partial charge in [0.15, 0.2) is 11.5 Å². The summed E-state index contributed by atoms with van der Waals surface area (Å²) >= 11 is 0. The normalized spacial score (nSPS) is 11.5. The Hall–Kier alpha value is -1.23. The number of hydrogen-bond acceptors (Lipinski definition) is 4. The van der Waals surface area contributed by atoms with Crippen LogP contribution in [0.5, 0.6) is 11.5 Å². The number of benzene rings is 1. The Bertz CT molecular complexity index is 356. The molecule has 0 spiro atoms. The van der Waals surface area contributed by atoms with E-state index in [1.165, 1.54) is 18.2 Å². The van der Waals surface area contributed by atoms with Crippen LogP contribution in [0.3, 0.4) is 0 Å². The molecule has 0 bridgehead atoms. The molecule has 15 heavy (non-hydrogen) atoms. The molecule has 5 N–H and O–H groups in total. The van der Waals surface area contributed by atoms with Gasteiger partial charge in [-0.15, -0.1) is 0 Å². The molecule has 87 valence electrons. The minimum atomic E-state index is -1.10.